The first-order valence-electron chi connectivity index (χ1n) is 9.60. The summed E-state index contributed by atoms with van der Waals surface area (Å²) < 4.78 is 14.9. The molecule has 0 N–H and O–H groups in total. The van der Waals surface area contributed by atoms with Crippen molar-refractivity contribution in [2.75, 3.05) is 7.11 Å². The van der Waals surface area contributed by atoms with Gasteiger partial charge in [0.15, 0.2) is 0 Å². The molecule has 1 heterocycles. The van der Waals surface area contributed by atoms with Crippen molar-refractivity contribution in [1.29, 1.82) is 0 Å². The van der Waals surface area contributed by atoms with Gasteiger partial charge in [-0.1, -0.05) is 30.4 Å². The number of allylic oxidation sites excluding steroid dienone is 3. The minimum Gasteiger partial charge on any atom is -0.301 e. The van der Waals surface area contributed by atoms with Crippen molar-refractivity contribution >= 4 is 0 Å². The zero-order valence-corrected chi connectivity index (χ0v) is 17.0. The van der Waals surface area contributed by atoms with Gasteiger partial charge >= 0.3 is 0 Å². The van der Waals surface area contributed by atoms with Gasteiger partial charge in [-0.2, -0.15) is 5.06 Å². The van der Waals surface area contributed by atoms with Crippen LogP contribution in [0, 0.1) is 5.82 Å². The van der Waals surface area contributed by atoms with E-state index in [0.717, 1.165) is 43.2 Å². The molecule has 1 aliphatic heterocycles. The molecule has 26 heavy (non-hydrogen) atoms. The summed E-state index contributed by atoms with van der Waals surface area (Å²) >= 11 is 0. The molecule has 1 aromatic rings. The van der Waals surface area contributed by atoms with Gasteiger partial charge in [-0.15, -0.1) is 6.58 Å². The molecule has 0 saturated carbocycles. The lowest BCUT2D eigenvalue weighted by Gasteiger charge is -2.53. The SMILES string of the molecule is C=CC/C=C/CCc1ccc(C2CC(C)(C)N(OC)C(C)(C)C2)c(F)c1. The number of hydrogen-bond donors (Lipinski definition) is 0. The van der Waals surface area contributed by atoms with E-state index in [2.05, 4.69) is 57.6 Å². The van der Waals surface area contributed by atoms with Gasteiger partial charge in [-0.3, -0.25) is 0 Å². The fourth-order valence-corrected chi connectivity index (χ4v) is 4.60. The van der Waals surface area contributed by atoms with Crippen LogP contribution in [0.15, 0.2) is 43.0 Å². The molecule has 0 aliphatic carbocycles. The molecule has 3 heteroatoms. The molecule has 0 aromatic heterocycles. The normalized spacial score (nSPS) is 20.5. The Morgan fingerprint density at radius 3 is 2.38 bits per heavy atom. The Hall–Kier alpha value is -1.45. The van der Waals surface area contributed by atoms with E-state index in [1.165, 1.54) is 0 Å². The van der Waals surface area contributed by atoms with Crippen LogP contribution in [0.25, 0.3) is 0 Å². The highest BCUT2D eigenvalue weighted by Crippen LogP contribution is 2.46. The highest BCUT2D eigenvalue weighted by Gasteiger charge is 2.46. The number of hydrogen-bond acceptors (Lipinski definition) is 2. The van der Waals surface area contributed by atoms with Gasteiger partial charge in [0.05, 0.1) is 7.11 Å². The number of nitrogens with zero attached hydrogens (tertiary/aromatic N) is 1. The molecular formula is C23H34FNO. The summed E-state index contributed by atoms with van der Waals surface area (Å²) in [7, 11) is 1.72. The van der Waals surface area contributed by atoms with E-state index in [9.17, 15) is 4.39 Å². The van der Waals surface area contributed by atoms with Gasteiger partial charge in [0.25, 0.3) is 0 Å². The second kappa shape index (κ2) is 8.49. The van der Waals surface area contributed by atoms with Gasteiger partial charge < -0.3 is 4.84 Å². The molecule has 0 spiro atoms. The van der Waals surface area contributed by atoms with Crippen LogP contribution in [-0.4, -0.2) is 23.3 Å². The van der Waals surface area contributed by atoms with Crippen LogP contribution in [-0.2, 0) is 11.3 Å². The predicted octanol–water partition coefficient (Wildman–Crippen LogP) is 6.19. The summed E-state index contributed by atoms with van der Waals surface area (Å²) in [5.41, 5.74) is 1.62. The van der Waals surface area contributed by atoms with E-state index in [-0.39, 0.29) is 22.8 Å². The van der Waals surface area contributed by atoms with E-state index >= 15 is 0 Å². The summed E-state index contributed by atoms with van der Waals surface area (Å²) in [5, 5.41) is 2.07. The van der Waals surface area contributed by atoms with Crippen molar-refractivity contribution in [2.45, 2.75) is 76.8 Å². The molecule has 2 nitrogen and oxygen atoms in total. The lowest BCUT2D eigenvalue weighted by atomic mass is 9.72. The quantitative estimate of drug-likeness (QED) is 0.538. The van der Waals surface area contributed by atoms with E-state index in [1.54, 1.807) is 13.2 Å². The number of rotatable bonds is 7. The Morgan fingerprint density at radius 2 is 1.85 bits per heavy atom. The van der Waals surface area contributed by atoms with Gasteiger partial charge in [0.1, 0.15) is 5.82 Å². The molecule has 1 aliphatic rings. The summed E-state index contributed by atoms with van der Waals surface area (Å²) in [6.07, 6.45) is 10.6. The maximum absolute atomic E-state index is 14.9. The van der Waals surface area contributed by atoms with Crippen molar-refractivity contribution in [2.24, 2.45) is 0 Å². The highest BCUT2D eigenvalue weighted by atomic mass is 19.1. The van der Waals surface area contributed by atoms with E-state index in [1.807, 2.05) is 12.1 Å². The molecular weight excluding hydrogens is 325 g/mol. The third-order valence-electron chi connectivity index (χ3n) is 5.35. The Morgan fingerprint density at radius 1 is 1.19 bits per heavy atom. The summed E-state index contributed by atoms with van der Waals surface area (Å²) in [5.74, 6) is 0.132. The van der Waals surface area contributed by atoms with Crippen LogP contribution >= 0.6 is 0 Å². The lowest BCUT2D eigenvalue weighted by molar-refractivity contribution is -0.266. The minimum atomic E-state index is -0.137. The van der Waals surface area contributed by atoms with Gasteiger partial charge in [0.2, 0.25) is 0 Å². The number of aryl methyl sites for hydroxylation is 1. The van der Waals surface area contributed by atoms with Crippen LogP contribution < -0.4 is 0 Å². The third-order valence-corrected chi connectivity index (χ3v) is 5.35. The predicted molar refractivity (Wildman–Crippen MR) is 108 cm³/mol. The van der Waals surface area contributed by atoms with E-state index in [0.29, 0.717) is 0 Å². The topological polar surface area (TPSA) is 12.5 Å². The zero-order valence-electron chi connectivity index (χ0n) is 17.0. The maximum atomic E-state index is 14.9. The second-order valence-electron chi connectivity index (χ2n) is 8.60. The van der Waals surface area contributed by atoms with Crippen molar-refractivity contribution in [3.63, 3.8) is 0 Å². The van der Waals surface area contributed by atoms with Crippen molar-refractivity contribution in [1.82, 2.24) is 5.06 Å². The zero-order chi connectivity index (χ0) is 19.4. The standard InChI is InChI=1S/C23H34FNO/c1-7-8-9-10-11-12-18-13-14-20(21(24)15-18)19-16-22(2,3)25(26-6)23(4,5)17-19/h7,9-10,13-15,19H,1,8,11-12,16-17H2,2-6H3/b10-9+. The summed E-state index contributed by atoms with van der Waals surface area (Å²) in [6.45, 7) is 12.4. The van der Waals surface area contributed by atoms with Crippen LogP contribution in [0.5, 0.6) is 0 Å². The number of benzene rings is 1. The second-order valence-corrected chi connectivity index (χ2v) is 8.60. The Labute approximate surface area is 158 Å². The minimum absolute atomic E-state index is 0.0694. The molecule has 0 radical (unpaired) electrons. The van der Waals surface area contributed by atoms with Crippen LogP contribution in [0.1, 0.15) is 70.4 Å². The van der Waals surface area contributed by atoms with Crippen LogP contribution in [0.4, 0.5) is 4.39 Å². The van der Waals surface area contributed by atoms with Crippen molar-refractivity contribution in [3.8, 4) is 0 Å². The van der Waals surface area contributed by atoms with Gasteiger partial charge in [0, 0.05) is 11.1 Å². The Bertz CT molecular complexity index is 630. The number of halogens is 1. The third kappa shape index (κ3) is 4.83. The number of piperidine rings is 1. The summed E-state index contributed by atoms with van der Waals surface area (Å²) in [4.78, 5) is 5.65. The van der Waals surface area contributed by atoms with Crippen LogP contribution in [0.2, 0.25) is 0 Å². The van der Waals surface area contributed by atoms with Gasteiger partial charge in [-0.25, -0.2) is 4.39 Å². The molecule has 1 saturated heterocycles. The van der Waals surface area contributed by atoms with E-state index in [4.69, 9.17) is 4.84 Å². The Kier molecular flexibility index (Phi) is 6.81. The molecule has 144 valence electrons. The first-order chi connectivity index (χ1) is 12.2. The molecule has 0 atom stereocenters. The fourth-order valence-electron chi connectivity index (χ4n) is 4.60. The Balaban J connectivity index is 2.13. The molecule has 0 bridgehead atoms. The largest absolute Gasteiger partial charge is 0.301 e. The first-order valence-corrected chi connectivity index (χ1v) is 9.60. The maximum Gasteiger partial charge on any atom is 0.126 e. The molecule has 0 amide bonds. The molecule has 1 fully saturated rings. The van der Waals surface area contributed by atoms with E-state index < -0.39 is 0 Å². The summed E-state index contributed by atoms with van der Waals surface area (Å²) in [6, 6.07) is 5.80. The fraction of sp³-hybridized carbons (Fsp3) is 0.565. The van der Waals surface area contributed by atoms with Crippen molar-refractivity contribution in [3.05, 3.63) is 60.0 Å². The van der Waals surface area contributed by atoms with Crippen molar-refractivity contribution < 1.29 is 9.23 Å². The molecule has 2 rings (SSSR count). The molecule has 0 unspecified atom stereocenters. The number of hydroxylamine groups is 2. The smallest absolute Gasteiger partial charge is 0.126 e. The molecule has 1 aromatic carbocycles. The monoisotopic (exact) mass is 359 g/mol. The average molecular weight is 360 g/mol. The van der Waals surface area contributed by atoms with Gasteiger partial charge in [-0.05, 0) is 82.9 Å². The van der Waals surface area contributed by atoms with Crippen LogP contribution in [0.3, 0.4) is 0 Å². The average Bonchev–Trinajstić information content (AvgIpc) is 2.52. The lowest BCUT2D eigenvalue weighted by Crippen LogP contribution is -2.59. The first kappa shape index (κ1) is 20.9. The highest BCUT2D eigenvalue weighted by molar-refractivity contribution is 5.29.